The molecule has 1 fully saturated rings. The first-order chi connectivity index (χ1) is 15.5. The number of likely N-dealkylation sites (N-methyl/N-ethyl adjacent to an activating group) is 1. The Labute approximate surface area is 189 Å². The van der Waals surface area contributed by atoms with Crippen LogP contribution in [0.2, 0.25) is 0 Å². The number of benzene rings is 2. The highest BCUT2D eigenvalue weighted by Gasteiger charge is 2.23. The molecule has 1 N–H and O–H groups in total. The van der Waals surface area contributed by atoms with Gasteiger partial charge in [-0.25, -0.2) is 0 Å². The summed E-state index contributed by atoms with van der Waals surface area (Å²) in [6, 6.07) is 19.8. The quantitative estimate of drug-likeness (QED) is 0.604. The Hall–Kier alpha value is -3.38. The zero-order chi connectivity index (χ0) is 22.5. The number of nitrogens with one attached hydrogen (secondary N) is 1. The predicted molar refractivity (Wildman–Crippen MR) is 128 cm³/mol. The number of nitrogens with zero attached hydrogens (tertiary/aromatic N) is 3. The first-order valence-electron chi connectivity index (χ1n) is 10.9. The highest BCUT2D eigenvalue weighted by atomic mass is 16.5. The molecule has 2 aromatic carbocycles. The van der Waals surface area contributed by atoms with E-state index in [1.807, 2.05) is 43.3 Å². The van der Waals surface area contributed by atoms with Gasteiger partial charge in [0, 0.05) is 48.0 Å². The van der Waals surface area contributed by atoms with Crippen molar-refractivity contribution in [2.24, 2.45) is 0 Å². The molecule has 6 heteroatoms. The van der Waals surface area contributed by atoms with Crippen molar-refractivity contribution in [1.82, 2.24) is 9.88 Å². The molecule has 6 nitrogen and oxygen atoms in total. The molecule has 1 saturated heterocycles. The Kier molecular flexibility index (Phi) is 6.71. The van der Waals surface area contributed by atoms with Crippen LogP contribution in [0.15, 0.2) is 66.9 Å². The minimum absolute atomic E-state index is 0.136. The largest absolute Gasteiger partial charge is 0.489 e. The average Bonchev–Trinajstić information content (AvgIpc) is 3.29. The van der Waals surface area contributed by atoms with E-state index in [9.17, 15) is 4.79 Å². The molecule has 3 aromatic rings. The Morgan fingerprint density at radius 3 is 2.53 bits per heavy atom. The van der Waals surface area contributed by atoms with E-state index in [4.69, 9.17) is 4.74 Å². The number of ether oxygens (including phenoxy) is 1. The predicted octanol–water partition coefficient (Wildman–Crippen LogP) is 4.36. The number of rotatable bonds is 7. The lowest BCUT2D eigenvalue weighted by Gasteiger charge is -2.22. The van der Waals surface area contributed by atoms with Crippen LogP contribution in [0, 0.1) is 6.92 Å². The molecule has 1 atom stereocenters. The second-order valence-corrected chi connectivity index (χ2v) is 8.47. The van der Waals surface area contributed by atoms with Gasteiger partial charge in [0.25, 0.3) is 5.91 Å². The lowest BCUT2D eigenvalue weighted by atomic mass is 10.2. The fourth-order valence-electron chi connectivity index (χ4n) is 3.92. The van der Waals surface area contributed by atoms with Crippen LogP contribution in [0.25, 0.3) is 0 Å². The lowest BCUT2D eigenvalue weighted by molar-refractivity contribution is 0.102. The molecule has 0 aliphatic carbocycles. The molecule has 1 aromatic heterocycles. The third-order valence-electron chi connectivity index (χ3n) is 5.87. The minimum Gasteiger partial charge on any atom is -0.489 e. The number of anilines is 2. The molecule has 166 valence electrons. The summed E-state index contributed by atoms with van der Waals surface area (Å²) >= 11 is 0. The third-order valence-corrected chi connectivity index (χ3v) is 5.87. The summed E-state index contributed by atoms with van der Waals surface area (Å²) < 4.78 is 5.82. The van der Waals surface area contributed by atoms with E-state index in [0.29, 0.717) is 18.2 Å². The Balaban J connectivity index is 1.31. The Morgan fingerprint density at radius 1 is 1.12 bits per heavy atom. The van der Waals surface area contributed by atoms with Gasteiger partial charge in [0.1, 0.15) is 12.4 Å². The summed E-state index contributed by atoms with van der Waals surface area (Å²) in [7, 11) is 4.26. The number of aromatic nitrogens is 1. The SMILES string of the molecule is Cc1cc(COc2ccc(C(=O)Nc3ccc(N4CCC(N(C)C)C4)cc3)cc2)ccn1. The van der Waals surface area contributed by atoms with Crippen LogP contribution in [0.1, 0.15) is 28.0 Å². The smallest absolute Gasteiger partial charge is 0.255 e. The summed E-state index contributed by atoms with van der Waals surface area (Å²) in [5.74, 6) is 0.588. The van der Waals surface area contributed by atoms with E-state index < -0.39 is 0 Å². The normalized spacial score (nSPS) is 15.8. The van der Waals surface area contributed by atoms with Crippen molar-refractivity contribution in [1.29, 1.82) is 0 Å². The van der Waals surface area contributed by atoms with Crippen LogP contribution < -0.4 is 15.0 Å². The standard InChI is InChI=1S/C26H30N4O2/c1-19-16-20(12-14-27-19)18-32-25-10-4-21(5-11-25)26(31)28-22-6-8-23(9-7-22)30-15-13-24(17-30)29(2)3/h4-12,14,16,24H,13,15,17-18H2,1-3H3,(H,28,31). The van der Waals surface area contributed by atoms with Gasteiger partial charge in [-0.05, 0) is 93.7 Å². The minimum atomic E-state index is -0.136. The van der Waals surface area contributed by atoms with E-state index in [-0.39, 0.29) is 5.91 Å². The molecule has 1 aliphatic heterocycles. The summed E-state index contributed by atoms with van der Waals surface area (Å²) in [5.41, 5.74) is 4.60. The van der Waals surface area contributed by atoms with Crippen LogP contribution in [0.5, 0.6) is 5.75 Å². The molecule has 0 radical (unpaired) electrons. The summed E-state index contributed by atoms with van der Waals surface area (Å²) in [4.78, 5) is 21.5. The zero-order valence-electron chi connectivity index (χ0n) is 18.9. The highest BCUT2D eigenvalue weighted by Crippen LogP contribution is 2.24. The fraction of sp³-hybridized carbons (Fsp3) is 0.308. The van der Waals surface area contributed by atoms with Crippen molar-refractivity contribution < 1.29 is 9.53 Å². The fourth-order valence-corrected chi connectivity index (χ4v) is 3.92. The lowest BCUT2D eigenvalue weighted by Crippen LogP contribution is -2.31. The molecular weight excluding hydrogens is 400 g/mol. The monoisotopic (exact) mass is 430 g/mol. The highest BCUT2D eigenvalue weighted by molar-refractivity contribution is 6.04. The van der Waals surface area contributed by atoms with Crippen LogP contribution in [0.3, 0.4) is 0 Å². The van der Waals surface area contributed by atoms with Crippen molar-refractivity contribution >= 4 is 17.3 Å². The van der Waals surface area contributed by atoms with Gasteiger partial charge >= 0.3 is 0 Å². The van der Waals surface area contributed by atoms with Gasteiger partial charge in [-0.2, -0.15) is 0 Å². The van der Waals surface area contributed by atoms with E-state index in [0.717, 1.165) is 35.8 Å². The van der Waals surface area contributed by atoms with Gasteiger partial charge in [0.15, 0.2) is 0 Å². The average molecular weight is 431 g/mol. The Bertz CT molecular complexity index is 1050. The molecule has 0 saturated carbocycles. The molecule has 4 rings (SSSR count). The summed E-state index contributed by atoms with van der Waals surface area (Å²) in [6.07, 6.45) is 2.95. The van der Waals surface area contributed by atoms with Gasteiger partial charge in [0.2, 0.25) is 0 Å². The summed E-state index contributed by atoms with van der Waals surface area (Å²) in [5, 5.41) is 2.97. The van der Waals surface area contributed by atoms with Gasteiger partial charge in [-0.3, -0.25) is 9.78 Å². The van der Waals surface area contributed by atoms with E-state index in [2.05, 4.69) is 46.3 Å². The molecule has 1 amide bonds. The van der Waals surface area contributed by atoms with Gasteiger partial charge < -0.3 is 19.9 Å². The maximum atomic E-state index is 12.6. The van der Waals surface area contributed by atoms with Crippen molar-refractivity contribution in [3.8, 4) is 5.75 Å². The van der Waals surface area contributed by atoms with Gasteiger partial charge in [-0.1, -0.05) is 0 Å². The van der Waals surface area contributed by atoms with Gasteiger partial charge in [-0.15, -0.1) is 0 Å². The third kappa shape index (κ3) is 5.45. The second kappa shape index (κ2) is 9.83. The number of aryl methyl sites for hydroxylation is 1. The number of pyridine rings is 1. The molecule has 0 spiro atoms. The van der Waals surface area contributed by atoms with E-state index >= 15 is 0 Å². The van der Waals surface area contributed by atoms with E-state index in [1.54, 1.807) is 18.3 Å². The van der Waals surface area contributed by atoms with Crippen LogP contribution in [0.4, 0.5) is 11.4 Å². The summed E-state index contributed by atoms with van der Waals surface area (Å²) in [6.45, 7) is 4.52. The molecule has 0 bridgehead atoms. The molecule has 32 heavy (non-hydrogen) atoms. The molecule has 2 heterocycles. The van der Waals surface area contributed by atoms with E-state index in [1.165, 1.54) is 12.1 Å². The van der Waals surface area contributed by atoms with Crippen molar-refractivity contribution in [2.75, 3.05) is 37.4 Å². The molecule has 1 unspecified atom stereocenters. The van der Waals surface area contributed by atoms with Crippen molar-refractivity contribution in [2.45, 2.75) is 26.0 Å². The Morgan fingerprint density at radius 2 is 1.88 bits per heavy atom. The number of carbonyl (C=O) groups excluding carboxylic acids is 1. The maximum absolute atomic E-state index is 12.6. The first-order valence-corrected chi connectivity index (χ1v) is 10.9. The number of amides is 1. The zero-order valence-corrected chi connectivity index (χ0v) is 18.9. The van der Waals surface area contributed by atoms with Crippen molar-refractivity contribution in [3.63, 3.8) is 0 Å². The van der Waals surface area contributed by atoms with Gasteiger partial charge in [0.05, 0.1) is 0 Å². The number of hydrogen-bond donors (Lipinski definition) is 1. The van der Waals surface area contributed by atoms with Crippen molar-refractivity contribution in [3.05, 3.63) is 83.7 Å². The second-order valence-electron chi connectivity index (χ2n) is 8.47. The molecule has 1 aliphatic rings. The van der Waals surface area contributed by atoms with Crippen LogP contribution in [-0.2, 0) is 6.61 Å². The van der Waals surface area contributed by atoms with Crippen LogP contribution >= 0.6 is 0 Å². The maximum Gasteiger partial charge on any atom is 0.255 e. The number of hydrogen-bond acceptors (Lipinski definition) is 5. The van der Waals surface area contributed by atoms with Crippen LogP contribution in [-0.4, -0.2) is 49.0 Å². The topological polar surface area (TPSA) is 57.7 Å². The number of carbonyl (C=O) groups is 1. The first kappa shape index (κ1) is 21.8. The molecular formula is C26H30N4O2.